The first-order chi connectivity index (χ1) is 12.7. The summed E-state index contributed by atoms with van der Waals surface area (Å²) in [5.74, 6) is 1.60. The molecule has 0 aromatic carbocycles. The number of carbonyl (C=O) groups is 1. The third kappa shape index (κ3) is 4.60. The van der Waals surface area contributed by atoms with Crippen LogP contribution in [-0.4, -0.2) is 40.9 Å². The summed E-state index contributed by atoms with van der Waals surface area (Å²) < 4.78 is 5.22. The third-order valence-corrected chi connectivity index (χ3v) is 4.65. The zero-order valence-corrected chi connectivity index (χ0v) is 15.1. The Labute approximate surface area is 153 Å². The maximum atomic E-state index is 12.3. The van der Waals surface area contributed by atoms with Crippen molar-refractivity contribution in [1.29, 1.82) is 0 Å². The molecule has 140 valence electrons. The lowest BCUT2D eigenvalue weighted by molar-refractivity contribution is 0.0946. The second-order valence-electron chi connectivity index (χ2n) is 6.76. The lowest BCUT2D eigenvalue weighted by Gasteiger charge is -2.32. The van der Waals surface area contributed by atoms with E-state index >= 15 is 0 Å². The van der Waals surface area contributed by atoms with Gasteiger partial charge in [-0.1, -0.05) is 18.5 Å². The number of hydrogen-bond acceptors (Lipinski definition) is 6. The summed E-state index contributed by atoms with van der Waals surface area (Å²) in [5, 5.41) is 16.1. The van der Waals surface area contributed by atoms with Crippen molar-refractivity contribution in [3.63, 3.8) is 0 Å². The van der Waals surface area contributed by atoms with Crippen LogP contribution in [0.2, 0.25) is 0 Å². The van der Waals surface area contributed by atoms with E-state index in [9.17, 15) is 9.90 Å². The third-order valence-electron chi connectivity index (χ3n) is 4.65. The molecule has 2 N–H and O–H groups in total. The first-order valence-electron chi connectivity index (χ1n) is 9.24. The van der Waals surface area contributed by atoms with Crippen LogP contribution in [0.15, 0.2) is 28.9 Å². The quantitative estimate of drug-likeness (QED) is 0.788. The zero-order chi connectivity index (χ0) is 18.4. The SMILES string of the molecule is CCCc1cc(CNC(=O)c2ccc(N3CCC[C@H](CO)C3)nc2)on1. The van der Waals surface area contributed by atoms with Gasteiger partial charge in [-0.15, -0.1) is 0 Å². The summed E-state index contributed by atoms with van der Waals surface area (Å²) in [5.41, 5.74) is 1.42. The van der Waals surface area contributed by atoms with Crippen LogP contribution in [0.5, 0.6) is 0 Å². The van der Waals surface area contributed by atoms with Crippen molar-refractivity contribution >= 4 is 11.7 Å². The number of rotatable bonds is 7. The fraction of sp³-hybridized carbons (Fsp3) is 0.526. The smallest absolute Gasteiger partial charge is 0.253 e. The molecule has 0 saturated carbocycles. The summed E-state index contributed by atoms with van der Waals surface area (Å²) in [7, 11) is 0. The van der Waals surface area contributed by atoms with Gasteiger partial charge in [-0.05, 0) is 37.3 Å². The van der Waals surface area contributed by atoms with Gasteiger partial charge in [0.25, 0.3) is 5.91 Å². The van der Waals surface area contributed by atoms with Gasteiger partial charge in [0.15, 0.2) is 5.76 Å². The molecule has 1 atom stereocenters. The molecule has 0 radical (unpaired) electrons. The van der Waals surface area contributed by atoms with Crippen molar-refractivity contribution in [3.8, 4) is 0 Å². The molecule has 1 amide bonds. The highest BCUT2D eigenvalue weighted by Crippen LogP contribution is 2.21. The lowest BCUT2D eigenvalue weighted by Crippen LogP contribution is -2.37. The van der Waals surface area contributed by atoms with E-state index in [1.54, 1.807) is 12.3 Å². The molecule has 1 fully saturated rings. The van der Waals surface area contributed by atoms with Crippen LogP contribution in [0, 0.1) is 5.92 Å². The van der Waals surface area contributed by atoms with Gasteiger partial charge in [-0.25, -0.2) is 4.98 Å². The number of aliphatic hydroxyl groups is 1. The molecule has 7 heteroatoms. The molecule has 1 aliphatic heterocycles. The normalized spacial score (nSPS) is 17.3. The first kappa shape index (κ1) is 18.4. The Hall–Kier alpha value is -2.41. The Balaban J connectivity index is 1.54. The summed E-state index contributed by atoms with van der Waals surface area (Å²) in [6.45, 7) is 4.34. The molecule has 0 unspecified atom stereocenters. The number of pyridine rings is 1. The van der Waals surface area contributed by atoms with Crippen LogP contribution in [-0.2, 0) is 13.0 Å². The Kier molecular flexibility index (Phi) is 6.22. The molecule has 0 spiro atoms. The van der Waals surface area contributed by atoms with Gasteiger partial charge in [0.05, 0.1) is 17.8 Å². The lowest BCUT2D eigenvalue weighted by atomic mass is 9.99. The number of aliphatic hydroxyl groups excluding tert-OH is 1. The van der Waals surface area contributed by atoms with Crippen LogP contribution in [0.4, 0.5) is 5.82 Å². The van der Waals surface area contributed by atoms with E-state index in [1.807, 2.05) is 12.1 Å². The van der Waals surface area contributed by atoms with E-state index < -0.39 is 0 Å². The van der Waals surface area contributed by atoms with Gasteiger partial charge >= 0.3 is 0 Å². The molecule has 2 aromatic heterocycles. The van der Waals surface area contributed by atoms with Gasteiger partial charge in [0, 0.05) is 32.0 Å². The molecule has 2 aromatic rings. The number of nitrogens with zero attached hydrogens (tertiary/aromatic N) is 3. The fourth-order valence-corrected chi connectivity index (χ4v) is 3.21. The van der Waals surface area contributed by atoms with E-state index in [-0.39, 0.29) is 12.5 Å². The Morgan fingerprint density at radius 2 is 2.35 bits per heavy atom. The Morgan fingerprint density at radius 3 is 3.08 bits per heavy atom. The van der Waals surface area contributed by atoms with Crippen LogP contribution in [0.25, 0.3) is 0 Å². The van der Waals surface area contributed by atoms with Crippen molar-refractivity contribution in [1.82, 2.24) is 15.5 Å². The number of piperidine rings is 1. The Morgan fingerprint density at radius 1 is 1.46 bits per heavy atom. The maximum Gasteiger partial charge on any atom is 0.253 e. The van der Waals surface area contributed by atoms with Gasteiger partial charge in [0.1, 0.15) is 5.82 Å². The summed E-state index contributed by atoms with van der Waals surface area (Å²) in [4.78, 5) is 18.9. The van der Waals surface area contributed by atoms with E-state index in [4.69, 9.17) is 4.52 Å². The van der Waals surface area contributed by atoms with Crippen molar-refractivity contribution in [2.75, 3.05) is 24.6 Å². The van der Waals surface area contributed by atoms with E-state index in [1.165, 1.54) is 0 Å². The largest absolute Gasteiger partial charge is 0.396 e. The monoisotopic (exact) mass is 358 g/mol. The first-order valence-corrected chi connectivity index (χ1v) is 9.24. The highest BCUT2D eigenvalue weighted by molar-refractivity contribution is 5.93. The number of hydrogen-bond donors (Lipinski definition) is 2. The summed E-state index contributed by atoms with van der Waals surface area (Å²) in [6.07, 6.45) is 5.57. The maximum absolute atomic E-state index is 12.3. The average molecular weight is 358 g/mol. The number of amides is 1. The van der Waals surface area contributed by atoms with Crippen molar-refractivity contribution in [3.05, 3.63) is 41.4 Å². The number of carbonyl (C=O) groups excluding carboxylic acids is 1. The molecule has 0 aliphatic carbocycles. The predicted molar refractivity (Wildman–Crippen MR) is 97.9 cm³/mol. The number of aryl methyl sites for hydroxylation is 1. The standard InChI is InChI=1S/C19H26N4O3/c1-2-4-16-9-17(26-22-16)11-21-19(25)15-6-7-18(20-10-15)23-8-3-5-14(12-23)13-24/h6-7,9-10,14,24H,2-5,8,11-13H2,1H3,(H,21,25)/t14-/m0/s1. The molecule has 1 aliphatic rings. The van der Waals surface area contributed by atoms with Crippen molar-refractivity contribution in [2.45, 2.75) is 39.2 Å². The van der Waals surface area contributed by atoms with E-state index in [0.29, 0.717) is 23.8 Å². The van der Waals surface area contributed by atoms with Crippen LogP contribution in [0.1, 0.15) is 48.0 Å². The second-order valence-corrected chi connectivity index (χ2v) is 6.76. The van der Waals surface area contributed by atoms with E-state index in [2.05, 4.69) is 27.3 Å². The highest BCUT2D eigenvalue weighted by atomic mass is 16.5. The van der Waals surface area contributed by atoms with Crippen LogP contribution < -0.4 is 10.2 Å². The Bertz CT molecular complexity index is 714. The number of aromatic nitrogens is 2. The fourth-order valence-electron chi connectivity index (χ4n) is 3.21. The predicted octanol–water partition coefficient (Wildman–Crippen LogP) is 2.16. The molecular formula is C19H26N4O3. The van der Waals surface area contributed by atoms with Crippen molar-refractivity contribution < 1.29 is 14.4 Å². The molecule has 3 heterocycles. The second kappa shape index (κ2) is 8.80. The minimum Gasteiger partial charge on any atom is -0.396 e. The molecule has 26 heavy (non-hydrogen) atoms. The minimum absolute atomic E-state index is 0.190. The van der Waals surface area contributed by atoms with Gasteiger partial charge in [-0.3, -0.25) is 4.79 Å². The topological polar surface area (TPSA) is 91.5 Å². The number of anilines is 1. The van der Waals surface area contributed by atoms with Crippen LogP contribution in [0.3, 0.4) is 0 Å². The van der Waals surface area contributed by atoms with Gasteiger partial charge in [0.2, 0.25) is 0 Å². The average Bonchev–Trinajstić information content (AvgIpc) is 3.14. The molecule has 0 bridgehead atoms. The molecule has 7 nitrogen and oxygen atoms in total. The molecule has 1 saturated heterocycles. The van der Waals surface area contributed by atoms with Crippen LogP contribution >= 0.6 is 0 Å². The molecule has 3 rings (SSSR count). The molecular weight excluding hydrogens is 332 g/mol. The summed E-state index contributed by atoms with van der Waals surface area (Å²) in [6, 6.07) is 5.52. The zero-order valence-electron chi connectivity index (χ0n) is 15.1. The highest BCUT2D eigenvalue weighted by Gasteiger charge is 2.20. The van der Waals surface area contributed by atoms with Gasteiger partial charge < -0.3 is 19.8 Å². The van der Waals surface area contributed by atoms with Crippen molar-refractivity contribution in [2.24, 2.45) is 5.92 Å². The minimum atomic E-state index is -0.190. The van der Waals surface area contributed by atoms with E-state index in [0.717, 1.165) is 50.3 Å². The van der Waals surface area contributed by atoms with Gasteiger partial charge in [-0.2, -0.15) is 0 Å². The summed E-state index contributed by atoms with van der Waals surface area (Å²) >= 11 is 0. The number of nitrogens with one attached hydrogen (secondary N) is 1.